The van der Waals surface area contributed by atoms with Gasteiger partial charge < -0.3 is 15.9 Å². The first kappa shape index (κ1) is 22.9. The molecule has 1 aromatic carbocycles. The molecule has 0 aliphatic carbocycles. The third kappa shape index (κ3) is 7.26. The number of halogens is 1. The lowest BCUT2D eigenvalue weighted by atomic mass is 10.0. The van der Waals surface area contributed by atoms with E-state index < -0.39 is 0 Å². The Hall–Kier alpha value is -1.10. The van der Waals surface area contributed by atoms with E-state index in [1.165, 1.54) is 69.8 Å². The van der Waals surface area contributed by atoms with Crippen LogP contribution in [0, 0.1) is 0 Å². The van der Waals surface area contributed by atoms with E-state index in [1.54, 1.807) is 0 Å². The van der Waals surface area contributed by atoms with Gasteiger partial charge in [-0.3, -0.25) is 0 Å². The van der Waals surface area contributed by atoms with E-state index in [1.807, 2.05) is 12.1 Å². The highest BCUT2D eigenvalue weighted by atomic mass is 35.5. The molecule has 0 saturated heterocycles. The second-order valence-electron chi connectivity index (χ2n) is 7.09. The summed E-state index contributed by atoms with van der Waals surface area (Å²) in [5.41, 5.74) is 14.6. The molecule has 5 heteroatoms. The molecule has 0 amide bonds. The Labute approximate surface area is 164 Å². The second-order valence-corrected chi connectivity index (χ2v) is 7.09. The van der Waals surface area contributed by atoms with Crippen LogP contribution in [0.2, 0.25) is 0 Å². The zero-order valence-corrected chi connectivity index (χ0v) is 17.0. The number of aromatic nitrogens is 1. The maximum atomic E-state index is 5.93. The van der Waals surface area contributed by atoms with E-state index in [4.69, 9.17) is 15.9 Å². The summed E-state index contributed by atoms with van der Waals surface area (Å²) < 4.78 is 5.74. The molecule has 0 bridgehead atoms. The van der Waals surface area contributed by atoms with Crippen molar-refractivity contribution in [3.05, 3.63) is 29.7 Å². The van der Waals surface area contributed by atoms with Crippen molar-refractivity contribution >= 4 is 23.5 Å². The molecule has 2 aromatic rings. The molecule has 0 spiro atoms. The van der Waals surface area contributed by atoms with E-state index in [-0.39, 0.29) is 18.4 Å². The Morgan fingerprint density at radius 1 is 0.962 bits per heavy atom. The molecule has 148 valence electrons. The van der Waals surface area contributed by atoms with Crippen molar-refractivity contribution in [1.82, 2.24) is 4.98 Å². The van der Waals surface area contributed by atoms with Crippen LogP contribution in [0.1, 0.15) is 88.6 Å². The van der Waals surface area contributed by atoms with Crippen molar-refractivity contribution in [2.75, 3.05) is 6.54 Å². The highest BCUT2D eigenvalue weighted by molar-refractivity contribution is 5.85. The third-order valence-corrected chi connectivity index (χ3v) is 4.89. The van der Waals surface area contributed by atoms with E-state index in [2.05, 4.69) is 18.0 Å². The summed E-state index contributed by atoms with van der Waals surface area (Å²) >= 11 is 0. The van der Waals surface area contributed by atoms with Gasteiger partial charge in [-0.25, -0.2) is 4.98 Å². The van der Waals surface area contributed by atoms with Crippen LogP contribution in [0.25, 0.3) is 11.1 Å². The number of nitrogens with zero attached hydrogens (tertiary/aromatic N) is 1. The van der Waals surface area contributed by atoms with Gasteiger partial charge in [-0.2, -0.15) is 0 Å². The first-order valence-corrected chi connectivity index (χ1v) is 10.1. The van der Waals surface area contributed by atoms with Crippen LogP contribution < -0.4 is 11.5 Å². The largest absolute Gasteiger partial charge is 0.439 e. The molecule has 26 heavy (non-hydrogen) atoms. The summed E-state index contributed by atoms with van der Waals surface area (Å²) in [6.45, 7) is 2.62. The Kier molecular flexibility index (Phi) is 11.6. The van der Waals surface area contributed by atoms with Gasteiger partial charge in [0.1, 0.15) is 5.52 Å². The minimum Gasteiger partial charge on any atom is -0.439 e. The molecule has 0 aliphatic rings. The highest BCUT2D eigenvalue weighted by Gasteiger charge is 2.14. The number of nitrogens with two attached hydrogens (primary N) is 2. The maximum Gasteiger partial charge on any atom is 0.213 e. The van der Waals surface area contributed by atoms with Crippen LogP contribution in [-0.4, -0.2) is 11.5 Å². The van der Waals surface area contributed by atoms with Crippen molar-refractivity contribution in [3.8, 4) is 0 Å². The monoisotopic (exact) mass is 381 g/mol. The normalized spacial score (nSPS) is 12.3. The van der Waals surface area contributed by atoms with Crippen LogP contribution in [0.5, 0.6) is 0 Å². The summed E-state index contributed by atoms with van der Waals surface area (Å²) in [6, 6.07) is 5.82. The predicted molar refractivity (Wildman–Crippen MR) is 113 cm³/mol. The third-order valence-electron chi connectivity index (χ3n) is 4.89. The molecule has 4 N–H and O–H groups in total. The first-order valence-electron chi connectivity index (χ1n) is 10.1. The Balaban J connectivity index is 0.00000338. The van der Waals surface area contributed by atoms with E-state index >= 15 is 0 Å². The molecule has 0 aliphatic heterocycles. The molecule has 1 atom stereocenters. The smallest absolute Gasteiger partial charge is 0.213 e. The minimum absolute atomic E-state index is 0. The average Bonchev–Trinajstić information content (AvgIpc) is 3.07. The van der Waals surface area contributed by atoms with Gasteiger partial charge in [0.05, 0.1) is 6.04 Å². The SMILES string of the molecule is CCCCCCCCCCCCc1cccc2oc(C(N)CN)nc12.Cl. The fourth-order valence-electron chi connectivity index (χ4n) is 3.29. The molecule has 2 rings (SSSR count). The van der Waals surface area contributed by atoms with Gasteiger partial charge in [-0.05, 0) is 24.5 Å². The number of rotatable bonds is 13. The molecule has 0 saturated carbocycles. The van der Waals surface area contributed by atoms with Gasteiger partial charge in [0.25, 0.3) is 0 Å². The lowest BCUT2D eigenvalue weighted by Gasteiger charge is -2.03. The highest BCUT2D eigenvalue weighted by Crippen LogP contribution is 2.23. The first-order chi connectivity index (χ1) is 12.3. The van der Waals surface area contributed by atoms with Gasteiger partial charge in [-0.1, -0.05) is 76.8 Å². The quantitative estimate of drug-likeness (QED) is 0.438. The molecule has 0 fully saturated rings. The van der Waals surface area contributed by atoms with E-state index in [0.29, 0.717) is 12.4 Å². The lowest BCUT2D eigenvalue weighted by molar-refractivity contribution is 0.480. The van der Waals surface area contributed by atoms with Gasteiger partial charge in [-0.15, -0.1) is 12.4 Å². The predicted octanol–water partition coefficient (Wildman–Crippen LogP) is 5.67. The Morgan fingerprint density at radius 2 is 1.58 bits per heavy atom. The van der Waals surface area contributed by atoms with Crippen molar-refractivity contribution in [2.45, 2.75) is 83.6 Å². The number of fused-ring (bicyclic) bond motifs is 1. The molecular weight excluding hydrogens is 346 g/mol. The Morgan fingerprint density at radius 3 is 2.19 bits per heavy atom. The number of unbranched alkanes of at least 4 members (excludes halogenated alkanes) is 9. The minimum atomic E-state index is -0.322. The number of hydrogen-bond acceptors (Lipinski definition) is 4. The zero-order valence-electron chi connectivity index (χ0n) is 16.2. The van der Waals surface area contributed by atoms with Gasteiger partial charge in [0.2, 0.25) is 5.89 Å². The fraction of sp³-hybridized carbons (Fsp3) is 0.667. The molecule has 4 nitrogen and oxygen atoms in total. The fourth-order valence-corrected chi connectivity index (χ4v) is 3.29. The van der Waals surface area contributed by atoms with Crippen LogP contribution in [0.15, 0.2) is 22.6 Å². The number of para-hydroxylation sites is 1. The van der Waals surface area contributed by atoms with Crippen LogP contribution >= 0.6 is 12.4 Å². The van der Waals surface area contributed by atoms with Crippen LogP contribution in [0.4, 0.5) is 0 Å². The molecule has 1 unspecified atom stereocenters. The second kappa shape index (κ2) is 13.1. The van der Waals surface area contributed by atoms with Crippen molar-refractivity contribution < 1.29 is 4.42 Å². The van der Waals surface area contributed by atoms with Crippen molar-refractivity contribution in [1.29, 1.82) is 0 Å². The lowest BCUT2D eigenvalue weighted by Crippen LogP contribution is -2.20. The van der Waals surface area contributed by atoms with Gasteiger partial charge >= 0.3 is 0 Å². The van der Waals surface area contributed by atoms with E-state index in [9.17, 15) is 0 Å². The molecule has 1 aromatic heterocycles. The van der Waals surface area contributed by atoms with E-state index in [0.717, 1.165) is 17.5 Å². The average molecular weight is 382 g/mol. The van der Waals surface area contributed by atoms with Gasteiger partial charge in [0, 0.05) is 6.54 Å². The molecular formula is C21H36ClN3O. The number of aryl methyl sites for hydroxylation is 1. The number of oxazole rings is 1. The topological polar surface area (TPSA) is 78.1 Å². The summed E-state index contributed by atoms with van der Waals surface area (Å²) in [7, 11) is 0. The van der Waals surface area contributed by atoms with Crippen molar-refractivity contribution in [2.24, 2.45) is 11.5 Å². The summed E-state index contributed by atoms with van der Waals surface area (Å²) in [5, 5.41) is 0. The van der Waals surface area contributed by atoms with Crippen LogP contribution in [-0.2, 0) is 6.42 Å². The zero-order chi connectivity index (χ0) is 17.9. The summed E-state index contributed by atoms with van der Waals surface area (Å²) in [6.07, 6.45) is 14.6. The standard InChI is InChI=1S/C21H35N3O.ClH/c1-2-3-4-5-6-7-8-9-10-11-13-17-14-12-15-19-20(17)24-21(25-19)18(23)16-22;/h12,14-15,18H,2-11,13,16,22-23H2,1H3;1H. The number of benzene rings is 1. The van der Waals surface area contributed by atoms with Gasteiger partial charge in [0.15, 0.2) is 5.58 Å². The summed E-state index contributed by atoms with van der Waals surface area (Å²) in [5.74, 6) is 0.549. The van der Waals surface area contributed by atoms with Crippen molar-refractivity contribution in [3.63, 3.8) is 0 Å². The molecule has 0 radical (unpaired) electrons. The van der Waals surface area contributed by atoms with Crippen LogP contribution in [0.3, 0.4) is 0 Å². The Bertz CT molecular complexity index is 614. The number of hydrogen-bond donors (Lipinski definition) is 2. The maximum absolute atomic E-state index is 5.93. The summed E-state index contributed by atoms with van der Waals surface area (Å²) in [4.78, 5) is 4.58. The molecule has 1 heterocycles.